The second-order valence-electron chi connectivity index (χ2n) is 10.0. The van der Waals surface area contributed by atoms with Crippen LogP contribution in [0, 0.1) is 5.92 Å². The van der Waals surface area contributed by atoms with E-state index in [2.05, 4.69) is 39.8 Å². The minimum atomic E-state index is -0.125. The van der Waals surface area contributed by atoms with Crippen molar-refractivity contribution in [2.24, 2.45) is 5.92 Å². The first-order chi connectivity index (χ1) is 19.1. The zero-order chi connectivity index (χ0) is 27.0. The average molecular weight is 518 g/mol. The molecule has 0 aromatic heterocycles. The molecule has 1 saturated heterocycles. The summed E-state index contributed by atoms with van der Waals surface area (Å²) in [6.07, 6.45) is 1.90. The number of carbonyl (C=O) groups excluding carboxylic acids is 2. The maximum absolute atomic E-state index is 13.2. The Morgan fingerprint density at radius 1 is 0.795 bits per heavy atom. The minimum Gasteiger partial charge on any atom is -0.372 e. The van der Waals surface area contributed by atoms with E-state index in [1.54, 1.807) is 0 Å². The summed E-state index contributed by atoms with van der Waals surface area (Å²) in [5, 5.41) is 6.10. The lowest BCUT2D eigenvalue weighted by Crippen LogP contribution is -2.40. The SMILES string of the molecule is CCNC(=O)C(c1ccccc1)C1CCN(c2ccc(NC(=O)c3ccccc3-c3ccccc3)cc2)CC1. The Morgan fingerprint density at radius 3 is 2.08 bits per heavy atom. The van der Waals surface area contributed by atoms with Crippen molar-refractivity contribution in [3.05, 3.63) is 120 Å². The van der Waals surface area contributed by atoms with Crippen LogP contribution < -0.4 is 15.5 Å². The zero-order valence-corrected chi connectivity index (χ0v) is 22.3. The summed E-state index contributed by atoms with van der Waals surface area (Å²) in [7, 11) is 0. The van der Waals surface area contributed by atoms with Crippen LogP contribution in [0.2, 0.25) is 0 Å². The van der Waals surface area contributed by atoms with Gasteiger partial charge in [-0.1, -0.05) is 78.9 Å². The fraction of sp³-hybridized carbons (Fsp3) is 0.235. The van der Waals surface area contributed by atoms with E-state index in [-0.39, 0.29) is 17.7 Å². The fourth-order valence-corrected chi connectivity index (χ4v) is 5.58. The van der Waals surface area contributed by atoms with Crippen molar-refractivity contribution in [2.45, 2.75) is 25.7 Å². The molecule has 2 amide bonds. The van der Waals surface area contributed by atoms with Gasteiger partial charge in [0.15, 0.2) is 0 Å². The molecule has 0 radical (unpaired) electrons. The van der Waals surface area contributed by atoms with E-state index in [1.165, 1.54) is 0 Å². The third-order valence-electron chi connectivity index (χ3n) is 7.55. The van der Waals surface area contributed by atoms with Crippen LogP contribution in [0.25, 0.3) is 11.1 Å². The van der Waals surface area contributed by atoms with Gasteiger partial charge in [0.1, 0.15) is 0 Å². The molecule has 4 aromatic carbocycles. The number of nitrogens with one attached hydrogen (secondary N) is 2. The van der Waals surface area contributed by atoms with E-state index >= 15 is 0 Å². The van der Waals surface area contributed by atoms with Gasteiger partial charge in [0.05, 0.1) is 5.92 Å². The second kappa shape index (κ2) is 12.4. The molecule has 0 aliphatic carbocycles. The van der Waals surface area contributed by atoms with Gasteiger partial charge in [-0.2, -0.15) is 0 Å². The molecule has 4 aromatic rings. The Morgan fingerprint density at radius 2 is 1.41 bits per heavy atom. The summed E-state index contributed by atoms with van der Waals surface area (Å²) in [6.45, 7) is 4.39. The maximum Gasteiger partial charge on any atom is 0.256 e. The van der Waals surface area contributed by atoms with Crippen molar-refractivity contribution in [3.8, 4) is 11.1 Å². The Labute approximate surface area is 230 Å². The summed E-state index contributed by atoms with van der Waals surface area (Å²) >= 11 is 0. The first-order valence-corrected chi connectivity index (χ1v) is 13.8. The zero-order valence-electron chi connectivity index (χ0n) is 22.3. The highest BCUT2D eigenvalue weighted by atomic mass is 16.2. The number of carbonyl (C=O) groups is 2. The lowest BCUT2D eigenvalue weighted by molar-refractivity contribution is -0.123. The number of amides is 2. The van der Waals surface area contributed by atoms with Crippen LogP contribution in [0.4, 0.5) is 11.4 Å². The number of likely N-dealkylation sites (N-methyl/N-ethyl adjacent to an activating group) is 1. The summed E-state index contributed by atoms with van der Waals surface area (Å²) in [4.78, 5) is 28.5. The third-order valence-corrected chi connectivity index (χ3v) is 7.55. The van der Waals surface area contributed by atoms with Gasteiger partial charge in [0.25, 0.3) is 5.91 Å². The molecule has 39 heavy (non-hydrogen) atoms. The van der Waals surface area contributed by atoms with E-state index in [0.29, 0.717) is 18.0 Å². The molecule has 1 unspecified atom stereocenters. The van der Waals surface area contributed by atoms with Crippen molar-refractivity contribution >= 4 is 23.2 Å². The molecule has 5 nitrogen and oxygen atoms in total. The van der Waals surface area contributed by atoms with E-state index in [9.17, 15) is 9.59 Å². The van der Waals surface area contributed by atoms with Gasteiger partial charge in [-0.05, 0) is 72.7 Å². The molecule has 0 bridgehead atoms. The molecule has 1 fully saturated rings. The van der Waals surface area contributed by atoms with Crippen LogP contribution in [-0.4, -0.2) is 31.4 Å². The Hall–Kier alpha value is -4.38. The van der Waals surface area contributed by atoms with Gasteiger partial charge < -0.3 is 15.5 Å². The van der Waals surface area contributed by atoms with Crippen molar-refractivity contribution in [1.82, 2.24) is 5.32 Å². The number of nitrogens with zero attached hydrogens (tertiary/aromatic N) is 1. The molecular weight excluding hydrogens is 482 g/mol. The number of benzene rings is 4. The van der Waals surface area contributed by atoms with Gasteiger partial charge in [0.2, 0.25) is 5.91 Å². The first kappa shape index (κ1) is 26.2. The average Bonchev–Trinajstić information content (AvgIpc) is 2.99. The lowest BCUT2D eigenvalue weighted by Gasteiger charge is -2.37. The minimum absolute atomic E-state index is 0.121. The van der Waals surface area contributed by atoms with Gasteiger partial charge in [0, 0.05) is 36.6 Å². The van der Waals surface area contributed by atoms with Crippen LogP contribution in [-0.2, 0) is 4.79 Å². The highest BCUT2D eigenvalue weighted by molar-refractivity contribution is 6.08. The molecule has 5 rings (SSSR count). The number of hydrogen-bond acceptors (Lipinski definition) is 3. The molecule has 198 valence electrons. The normalized spacial score (nSPS) is 14.4. The quantitative estimate of drug-likeness (QED) is 0.272. The molecule has 1 aliphatic heterocycles. The van der Waals surface area contributed by atoms with Crippen molar-refractivity contribution in [1.29, 1.82) is 0 Å². The summed E-state index contributed by atoms with van der Waals surface area (Å²) in [6, 6.07) is 35.9. The van der Waals surface area contributed by atoms with Crippen molar-refractivity contribution in [2.75, 3.05) is 29.9 Å². The van der Waals surface area contributed by atoms with Crippen LogP contribution in [0.5, 0.6) is 0 Å². The van der Waals surface area contributed by atoms with Crippen LogP contribution in [0.3, 0.4) is 0 Å². The number of hydrogen-bond donors (Lipinski definition) is 2. The van der Waals surface area contributed by atoms with Crippen molar-refractivity contribution in [3.63, 3.8) is 0 Å². The van der Waals surface area contributed by atoms with Gasteiger partial charge >= 0.3 is 0 Å². The Balaban J connectivity index is 1.23. The van der Waals surface area contributed by atoms with E-state index in [4.69, 9.17) is 0 Å². The van der Waals surface area contributed by atoms with Crippen LogP contribution in [0.15, 0.2) is 109 Å². The summed E-state index contributed by atoms with van der Waals surface area (Å²) < 4.78 is 0. The molecule has 1 aliphatic rings. The Kier molecular flexibility index (Phi) is 8.37. The largest absolute Gasteiger partial charge is 0.372 e. The second-order valence-corrected chi connectivity index (χ2v) is 10.0. The number of piperidine rings is 1. The van der Waals surface area contributed by atoms with Gasteiger partial charge in [-0.15, -0.1) is 0 Å². The number of rotatable bonds is 8. The monoisotopic (exact) mass is 517 g/mol. The molecule has 5 heteroatoms. The van der Waals surface area contributed by atoms with Crippen LogP contribution >= 0.6 is 0 Å². The van der Waals surface area contributed by atoms with E-state index in [1.807, 2.05) is 91.9 Å². The number of anilines is 2. The smallest absolute Gasteiger partial charge is 0.256 e. The molecule has 1 heterocycles. The molecule has 2 N–H and O–H groups in total. The summed E-state index contributed by atoms with van der Waals surface area (Å²) in [5.41, 5.74) is 5.57. The lowest BCUT2D eigenvalue weighted by atomic mass is 9.79. The van der Waals surface area contributed by atoms with E-state index in [0.717, 1.165) is 54.0 Å². The predicted molar refractivity (Wildman–Crippen MR) is 159 cm³/mol. The first-order valence-electron chi connectivity index (χ1n) is 13.8. The van der Waals surface area contributed by atoms with E-state index < -0.39 is 0 Å². The Bertz CT molecular complexity index is 1380. The third kappa shape index (κ3) is 6.20. The van der Waals surface area contributed by atoms with Crippen LogP contribution in [0.1, 0.15) is 41.6 Å². The highest BCUT2D eigenvalue weighted by Gasteiger charge is 2.32. The molecule has 0 saturated carbocycles. The molecule has 0 spiro atoms. The topological polar surface area (TPSA) is 61.4 Å². The molecular formula is C34H35N3O2. The maximum atomic E-state index is 13.2. The van der Waals surface area contributed by atoms with Gasteiger partial charge in [-0.25, -0.2) is 0 Å². The van der Waals surface area contributed by atoms with Gasteiger partial charge in [-0.3, -0.25) is 9.59 Å². The molecule has 1 atom stereocenters. The summed E-state index contributed by atoms with van der Waals surface area (Å²) in [5.74, 6) is 0.180. The fourth-order valence-electron chi connectivity index (χ4n) is 5.58. The standard InChI is InChI=1S/C34H35N3O2/c1-2-35-34(39)32(26-13-7-4-8-14-26)27-21-23-37(24-22-27)29-19-17-28(18-20-29)36-33(38)31-16-10-9-15-30(31)25-11-5-3-6-12-25/h3-20,27,32H,2,21-24H2,1H3,(H,35,39)(H,36,38). The highest BCUT2D eigenvalue weighted by Crippen LogP contribution is 2.35. The predicted octanol–water partition coefficient (Wildman–Crippen LogP) is 6.74. The van der Waals surface area contributed by atoms with Crippen molar-refractivity contribution < 1.29 is 9.59 Å².